The quantitative estimate of drug-likeness (QED) is 0.734. The SMILES string of the molecule is Nc1ncnc2c1ncn2[C@H]1COC[C@@H]1CO. The van der Waals surface area contributed by atoms with Gasteiger partial charge in [-0.05, 0) is 0 Å². The van der Waals surface area contributed by atoms with Gasteiger partial charge in [-0.3, -0.25) is 0 Å². The molecule has 3 rings (SSSR count). The number of aromatic nitrogens is 4. The summed E-state index contributed by atoms with van der Waals surface area (Å²) in [5, 5.41) is 9.29. The maximum Gasteiger partial charge on any atom is 0.165 e. The summed E-state index contributed by atoms with van der Waals surface area (Å²) in [5.74, 6) is 0.441. The fourth-order valence-corrected chi connectivity index (χ4v) is 2.18. The Kier molecular flexibility index (Phi) is 2.41. The monoisotopic (exact) mass is 235 g/mol. The minimum Gasteiger partial charge on any atom is -0.396 e. The van der Waals surface area contributed by atoms with Gasteiger partial charge in [0.2, 0.25) is 0 Å². The van der Waals surface area contributed by atoms with Crippen LogP contribution in [0.5, 0.6) is 0 Å². The lowest BCUT2D eigenvalue weighted by Crippen LogP contribution is -2.20. The minimum absolute atomic E-state index is 0.0549. The average molecular weight is 235 g/mol. The highest BCUT2D eigenvalue weighted by Crippen LogP contribution is 2.28. The normalized spacial score (nSPS) is 24.5. The summed E-state index contributed by atoms with van der Waals surface area (Å²) in [6.45, 7) is 1.20. The largest absolute Gasteiger partial charge is 0.396 e. The molecule has 0 spiro atoms. The van der Waals surface area contributed by atoms with Crippen molar-refractivity contribution in [1.82, 2.24) is 19.5 Å². The van der Waals surface area contributed by atoms with E-state index in [1.165, 1.54) is 6.33 Å². The average Bonchev–Trinajstić information content (AvgIpc) is 2.94. The molecule has 2 atom stereocenters. The van der Waals surface area contributed by atoms with Crippen molar-refractivity contribution >= 4 is 17.0 Å². The zero-order chi connectivity index (χ0) is 11.8. The molecular formula is C10H13N5O2. The first-order chi connectivity index (χ1) is 8.31. The first-order valence-corrected chi connectivity index (χ1v) is 5.43. The van der Waals surface area contributed by atoms with E-state index in [4.69, 9.17) is 10.5 Å². The van der Waals surface area contributed by atoms with E-state index in [0.29, 0.717) is 30.2 Å². The Morgan fingerprint density at radius 2 is 2.29 bits per heavy atom. The maximum atomic E-state index is 9.29. The van der Waals surface area contributed by atoms with Crippen molar-refractivity contribution in [1.29, 1.82) is 0 Å². The molecule has 0 bridgehead atoms. The second-order valence-corrected chi connectivity index (χ2v) is 4.13. The Morgan fingerprint density at radius 3 is 3.12 bits per heavy atom. The lowest BCUT2D eigenvalue weighted by Gasteiger charge is -2.16. The second-order valence-electron chi connectivity index (χ2n) is 4.13. The van der Waals surface area contributed by atoms with Crippen molar-refractivity contribution in [2.75, 3.05) is 25.6 Å². The van der Waals surface area contributed by atoms with E-state index in [2.05, 4.69) is 15.0 Å². The molecular weight excluding hydrogens is 222 g/mol. The summed E-state index contributed by atoms with van der Waals surface area (Å²) in [4.78, 5) is 12.3. The topological polar surface area (TPSA) is 99.1 Å². The standard InChI is InChI=1S/C10H13N5O2/c11-9-8-10(13-4-12-9)15(5-14-8)7-3-17-2-6(7)1-16/h4-7,16H,1-3H2,(H2,11,12,13)/t6-,7-/m0/s1. The van der Waals surface area contributed by atoms with E-state index < -0.39 is 0 Å². The highest BCUT2D eigenvalue weighted by atomic mass is 16.5. The molecule has 90 valence electrons. The maximum absolute atomic E-state index is 9.29. The van der Waals surface area contributed by atoms with Gasteiger partial charge in [0.25, 0.3) is 0 Å². The third-order valence-corrected chi connectivity index (χ3v) is 3.14. The number of rotatable bonds is 2. The van der Waals surface area contributed by atoms with E-state index in [0.717, 1.165) is 0 Å². The number of nitrogen functional groups attached to an aromatic ring is 1. The molecule has 0 saturated carbocycles. The summed E-state index contributed by atoms with van der Waals surface area (Å²) in [6, 6.07) is 0.0549. The van der Waals surface area contributed by atoms with Gasteiger partial charge in [0.15, 0.2) is 11.5 Å². The van der Waals surface area contributed by atoms with Gasteiger partial charge in [-0.25, -0.2) is 15.0 Å². The number of hydrogen-bond donors (Lipinski definition) is 2. The second kappa shape index (κ2) is 3.94. The Balaban J connectivity index is 2.09. The van der Waals surface area contributed by atoms with Crippen LogP contribution >= 0.6 is 0 Å². The fraction of sp³-hybridized carbons (Fsp3) is 0.500. The Morgan fingerprint density at radius 1 is 1.41 bits per heavy atom. The predicted molar refractivity (Wildman–Crippen MR) is 60.2 cm³/mol. The van der Waals surface area contributed by atoms with Gasteiger partial charge in [-0.15, -0.1) is 0 Å². The zero-order valence-corrected chi connectivity index (χ0v) is 9.15. The Hall–Kier alpha value is -1.73. The molecule has 1 saturated heterocycles. The van der Waals surface area contributed by atoms with Crippen LogP contribution in [0.2, 0.25) is 0 Å². The number of imidazole rings is 1. The number of fused-ring (bicyclic) bond motifs is 1. The van der Waals surface area contributed by atoms with Crippen LogP contribution in [0.3, 0.4) is 0 Å². The molecule has 3 N–H and O–H groups in total. The summed E-state index contributed by atoms with van der Waals surface area (Å²) in [5.41, 5.74) is 7.01. The number of hydrogen-bond acceptors (Lipinski definition) is 6. The third kappa shape index (κ3) is 1.55. The van der Waals surface area contributed by atoms with Crippen LogP contribution in [0, 0.1) is 5.92 Å². The number of ether oxygens (including phenoxy) is 1. The number of anilines is 1. The van der Waals surface area contributed by atoms with Crippen molar-refractivity contribution in [3.8, 4) is 0 Å². The van der Waals surface area contributed by atoms with Crippen LogP contribution in [-0.2, 0) is 4.74 Å². The van der Waals surface area contributed by atoms with Crippen molar-refractivity contribution < 1.29 is 9.84 Å². The van der Waals surface area contributed by atoms with Crippen LogP contribution in [-0.4, -0.2) is 44.4 Å². The van der Waals surface area contributed by atoms with Gasteiger partial charge in [-0.1, -0.05) is 0 Å². The summed E-state index contributed by atoms with van der Waals surface area (Å²) in [6.07, 6.45) is 3.09. The van der Waals surface area contributed by atoms with Crippen molar-refractivity contribution in [2.24, 2.45) is 5.92 Å². The molecule has 0 unspecified atom stereocenters. The van der Waals surface area contributed by atoms with Gasteiger partial charge in [-0.2, -0.15) is 0 Å². The molecule has 0 aliphatic carbocycles. The molecule has 7 nitrogen and oxygen atoms in total. The molecule has 17 heavy (non-hydrogen) atoms. The van der Waals surface area contributed by atoms with E-state index in [9.17, 15) is 5.11 Å². The number of aliphatic hydroxyl groups is 1. The van der Waals surface area contributed by atoms with Gasteiger partial charge >= 0.3 is 0 Å². The number of nitrogens with zero attached hydrogens (tertiary/aromatic N) is 4. The lowest BCUT2D eigenvalue weighted by atomic mass is 10.1. The zero-order valence-electron chi connectivity index (χ0n) is 9.15. The van der Waals surface area contributed by atoms with Crippen molar-refractivity contribution in [2.45, 2.75) is 6.04 Å². The molecule has 0 amide bonds. The highest BCUT2D eigenvalue weighted by molar-refractivity contribution is 5.81. The molecule has 7 heteroatoms. The van der Waals surface area contributed by atoms with Crippen LogP contribution in [0.1, 0.15) is 6.04 Å². The Labute approximate surface area is 97.3 Å². The predicted octanol–water partition coefficient (Wildman–Crippen LogP) is -0.412. The molecule has 1 fully saturated rings. The van der Waals surface area contributed by atoms with E-state index in [1.807, 2.05) is 4.57 Å². The molecule has 2 aromatic rings. The molecule has 3 heterocycles. The van der Waals surface area contributed by atoms with E-state index in [1.54, 1.807) is 6.33 Å². The minimum atomic E-state index is 0.0549. The first kappa shape index (κ1) is 10.4. The summed E-state index contributed by atoms with van der Waals surface area (Å²) < 4.78 is 7.28. The van der Waals surface area contributed by atoms with Gasteiger partial charge in [0, 0.05) is 5.92 Å². The van der Waals surface area contributed by atoms with E-state index >= 15 is 0 Å². The van der Waals surface area contributed by atoms with Gasteiger partial charge in [0.1, 0.15) is 11.8 Å². The number of aliphatic hydroxyl groups excluding tert-OH is 1. The Bertz CT molecular complexity index is 540. The third-order valence-electron chi connectivity index (χ3n) is 3.14. The van der Waals surface area contributed by atoms with E-state index in [-0.39, 0.29) is 18.6 Å². The lowest BCUT2D eigenvalue weighted by molar-refractivity contribution is 0.160. The van der Waals surface area contributed by atoms with Crippen molar-refractivity contribution in [3.05, 3.63) is 12.7 Å². The molecule has 2 aromatic heterocycles. The smallest absolute Gasteiger partial charge is 0.165 e. The van der Waals surface area contributed by atoms with Crippen LogP contribution in [0.25, 0.3) is 11.2 Å². The summed E-state index contributed by atoms with van der Waals surface area (Å²) >= 11 is 0. The van der Waals surface area contributed by atoms with Gasteiger partial charge in [0.05, 0.1) is 32.2 Å². The van der Waals surface area contributed by atoms with Gasteiger partial charge < -0.3 is 20.1 Å². The highest BCUT2D eigenvalue weighted by Gasteiger charge is 2.30. The molecule has 0 aromatic carbocycles. The molecule has 1 aliphatic rings. The van der Waals surface area contributed by atoms with Crippen LogP contribution in [0.4, 0.5) is 5.82 Å². The fourth-order valence-electron chi connectivity index (χ4n) is 2.18. The number of nitrogens with two attached hydrogens (primary N) is 1. The van der Waals surface area contributed by atoms with Crippen LogP contribution < -0.4 is 5.73 Å². The summed E-state index contributed by atoms with van der Waals surface area (Å²) in [7, 11) is 0. The van der Waals surface area contributed by atoms with Crippen molar-refractivity contribution in [3.63, 3.8) is 0 Å². The molecule has 1 aliphatic heterocycles. The molecule has 0 radical (unpaired) electrons. The first-order valence-electron chi connectivity index (χ1n) is 5.43. The van der Waals surface area contributed by atoms with Crippen LogP contribution in [0.15, 0.2) is 12.7 Å².